The van der Waals surface area contributed by atoms with Gasteiger partial charge in [-0.3, -0.25) is 14.5 Å². The van der Waals surface area contributed by atoms with Crippen LogP contribution >= 0.6 is 0 Å². The summed E-state index contributed by atoms with van der Waals surface area (Å²) in [6.07, 6.45) is 5.34. The number of hydrogen-bond acceptors (Lipinski definition) is 4. The molecule has 0 unspecified atom stereocenters. The van der Waals surface area contributed by atoms with E-state index in [1.54, 1.807) is 0 Å². The first kappa shape index (κ1) is 22.1. The molecular weight excluding hydrogens is 388 g/mol. The van der Waals surface area contributed by atoms with Crippen molar-refractivity contribution in [3.63, 3.8) is 0 Å². The number of hydrogen-bond donors (Lipinski definition) is 1. The lowest BCUT2D eigenvalue weighted by molar-refractivity contribution is -0.117. The average Bonchev–Trinajstić information content (AvgIpc) is 3.60. The molecule has 3 fully saturated rings. The molecular formula is C25H38N4O2. The van der Waals surface area contributed by atoms with Crippen LogP contribution in [0, 0.1) is 11.3 Å². The van der Waals surface area contributed by atoms with E-state index in [1.165, 1.54) is 0 Å². The first-order valence-electron chi connectivity index (χ1n) is 12.1. The van der Waals surface area contributed by atoms with Crippen LogP contribution in [0.2, 0.25) is 0 Å². The molecule has 2 aliphatic heterocycles. The Kier molecular flexibility index (Phi) is 6.56. The number of amides is 2. The Labute approximate surface area is 187 Å². The van der Waals surface area contributed by atoms with E-state index >= 15 is 0 Å². The zero-order valence-electron chi connectivity index (χ0n) is 19.5. The van der Waals surface area contributed by atoms with Crippen molar-refractivity contribution in [2.45, 2.75) is 52.9 Å². The predicted octanol–water partition coefficient (Wildman–Crippen LogP) is 3.83. The fourth-order valence-electron chi connectivity index (χ4n) is 4.66. The summed E-state index contributed by atoms with van der Waals surface area (Å²) >= 11 is 0. The zero-order valence-corrected chi connectivity index (χ0v) is 19.5. The molecule has 4 rings (SSSR count). The maximum Gasteiger partial charge on any atom is 0.256 e. The van der Waals surface area contributed by atoms with Gasteiger partial charge in [0.1, 0.15) is 0 Å². The van der Waals surface area contributed by atoms with Crippen LogP contribution in [0.15, 0.2) is 18.2 Å². The molecule has 0 spiro atoms. The molecule has 3 aliphatic rings. The van der Waals surface area contributed by atoms with Gasteiger partial charge in [0, 0.05) is 50.9 Å². The van der Waals surface area contributed by atoms with Crippen molar-refractivity contribution in [1.82, 2.24) is 9.80 Å². The quantitative estimate of drug-likeness (QED) is 0.751. The molecule has 2 amide bonds. The Balaban J connectivity index is 1.54. The first-order chi connectivity index (χ1) is 14.9. The summed E-state index contributed by atoms with van der Waals surface area (Å²) in [5.41, 5.74) is 2.90. The minimum absolute atomic E-state index is 0.108. The third-order valence-electron chi connectivity index (χ3n) is 7.10. The van der Waals surface area contributed by atoms with E-state index < -0.39 is 0 Å². The highest BCUT2D eigenvalue weighted by atomic mass is 16.2. The van der Waals surface area contributed by atoms with Crippen LogP contribution in [0.4, 0.5) is 11.4 Å². The topological polar surface area (TPSA) is 55.9 Å². The van der Waals surface area contributed by atoms with Gasteiger partial charge in [-0.05, 0) is 62.3 Å². The zero-order chi connectivity index (χ0) is 22.0. The van der Waals surface area contributed by atoms with Gasteiger partial charge in [-0.25, -0.2) is 0 Å². The monoisotopic (exact) mass is 426 g/mol. The lowest BCUT2D eigenvalue weighted by atomic mass is 9.82. The van der Waals surface area contributed by atoms with Gasteiger partial charge >= 0.3 is 0 Å². The highest BCUT2D eigenvalue weighted by Gasteiger charge is 2.32. The molecule has 0 atom stereocenters. The van der Waals surface area contributed by atoms with Gasteiger partial charge in [0.2, 0.25) is 5.91 Å². The number of piperidine rings is 1. The number of rotatable bonds is 6. The summed E-state index contributed by atoms with van der Waals surface area (Å²) in [5.74, 6) is 0.396. The molecule has 0 radical (unpaired) electrons. The lowest BCUT2D eigenvalue weighted by Gasteiger charge is -2.40. The van der Waals surface area contributed by atoms with Crippen molar-refractivity contribution in [3.05, 3.63) is 23.8 Å². The van der Waals surface area contributed by atoms with Crippen LogP contribution < -0.4 is 10.2 Å². The molecule has 31 heavy (non-hydrogen) atoms. The molecule has 1 N–H and O–H groups in total. The van der Waals surface area contributed by atoms with Gasteiger partial charge < -0.3 is 15.1 Å². The molecule has 0 aromatic heterocycles. The molecule has 2 heterocycles. The maximum atomic E-state index is 13.5. The van der Waals surface area contributed by atoms with Crippen molar-refractivity contribution in [1.29, 1.82) is 0 Å². The summed E-state index contributed by atoms with van der Waals surface area (Å²) < 4.78 is 0. The minimum Gasteiger partial charge on any atom is -0.371 e. The van der Waals surface area contributed by atoms with E-state index in [1.807, 2.05) is 23.1 Å². The number of carbonyl (C=O) groups is 2. The molecule has 170 valence electrons. The fraction of sp³-hybridized carbons (Fsp3) is 0.680. The normalized spacial score (nSPS) is 21.8. The largest absolute Gasteiger partial charge is 0.371 e. The number of anilines is 2. The predicted molar refractivity (Wildman–Crippen MR) is 126 cm³/mol. The van der Waals surface area contributed by atoms with Crippen molar-refractivity contribution in [2.24, 2.45) is 11.3 Å². The highest BCUT2D eigenvalue weighted by Crippen LogP contribution is 2.36. The van der Waals surface area contributed by atoms with Gasteiger partial charge in [-0.2, -0.15) is 0 Å². The van der Waals surface area contributed by atoms with Gasteiger partial charge in [0.05, 0.1) is 11.3 Å². The Morgan fingerprint density at radius 1 is 1.03 bits per heavy atom. The first-order valence-corrected chi connectivity index (χ1v) is 12.1. The highest BCUT2D eigenvalue weighted by molar-refractivity contribution is 6.02. The van der Waals surface area contributed by atoms with Gasteiger partial charge in [0.15, 0.2) is 0 Å². The van der Waals surface area contributed by atoms with Crippen LogP contribution in [0.1, 0.15) is 63.2 Å². The standard InChI is InChI=1S/C25H38N4O2/c1-4-11-27-14-16-29(17-15-27)24(31)21-8-7-20(26-23(30)19-5-6-19)18-22(21)28-12-9-25(2,3)10-13-28/h7-8,18-19H,4-6,9-17H2,1-3H3,(H,26,30). The van der Waals surface area contributed by atoms with Crippen LogP contribution in [0.3, 0.4) is 0 Å². The van der Waals surface area contributed by atoms with E-state index in [0.29, 0.717) is 5.41 Å². The Morgan fingerprint density at radius 2 is 1.71 bits per heavy atom. The summed E-state index contributed by atoms with van der Waals surface area (Å²) in [5, 5.41) is 3.07. The van der Waals surface area contributed by atoms with Crippen molar-refractivity contribution in [2.75, 3.05) is 56.0 Å². The fourth-order valence-corrected chi connectivity index (χ4v) is 4.66. The second kappa shape index (κ2) is 9.19. The Hall–Kier alpha value is -2.08. The third kappa shape index (κ3) is 5.40. The summed E-state index contributed by atoms with van der Waals surface area (Å²) in [4.78, 5) is 32.6. The second-order valence-electron chi connectivity index (χ2n) is 10.3. The number of piperazine rings is 1. The van der Waals surface area contributed by atoms with Crippen LogP contribution in [0.25, 0.3) is 0 Å². The van der Waals surface area contributed by atoms with Gasteiger partial charge in [0.25, 0.3) is 5.91 Å². The molecule has 6 nitrogen and oxygen atoms in total. The molecule has 1 saturated carbocycles. The minimum atomic E-state index is 0.108. The summed E-state index contributed by atoms with van der Waals surface area (Å²) in [6.45, 7) is 13.3. The van der Waals surface area contributed by atoms with Crippen LogP contribution in [-0.2, 0) is 4.79 Å². The SMILES string of the molecule is CCCN1CCN(C(=O)c2ccc(NC(=O)C3CC3)cc2N2CCC(C)(C)CC2)CC1. The van der Waals surface area contributed by atoms with E-state index in [0.717, 1.165) is 94.9 Å². The number of benzene rings is 1. The molecule has 2 saturated heterocycles. The van der Waals surface area contributed by atoms with E-state index in [4.69, 9.17) is 0 Å². The van der Waals surface area contributed by atoms with Gasteiger partial charge in [-0.1, -0.05) is 20.8 Å². The van der Waals surface area contributed by atoms with Crippen LogP contribution in [-0.4, -0.2) is 67.4 Å². The third-order valence-corrected chi connectivity index (χ3v) is 7.10. The van der Waals surface area contributed by atoms with Crippen molar-refractivity contribution in [3.8, 4) is 0 Å². The Bertz CT molecular complexity index is 800. The summed E-state index contributed by atoms with van der Waals surface area (Å²) in [7, 11) is 0. The van der Waals surface area contributed by atoms with Crippen LogP contribution in [0.5, 0.6) is 0 Å². The molecule has 0 bridgehead atoms. The Morgan fingerprint density at radius 3 is 2.32 bits per heavy atom. The van der Waals surface area contributed by atoms with E-state index in [9.17, 15) is 9.59 Å². The number of carbonyl (C=O) groups excluding carboxylic acids is 2. The average molecular weight is 427 g/mol. The summed E-state index contributed by atoms with van der Waals surface area (Å²) in [6, 6.07) is 5.86. The molecule has 1 aromatic rings. The maximum absolute atomic E-state index is 13.5. The van der Waals surface area contributed by atoms with Gasteiger partial charge in [-0.15, -0.1) is 0 Å². The lowest BCUT2D eigenvalue weighted by Crippen LogP contribution is -2.49. The van der Waals surface area contributed by atoms with Crippen molar-refractivity contribution >= 4 is 23.2 Å². The van der Waals surface area contributed by atoms with E-state index in [-0.39, 0.29) is 17.7 Å². The van der Waals surface area contributed by atoms with Crippen molar-refractivity contribution < 1.29 is 9.59 Å². The number of nitrogens with zero attached hydrogens (tertiary/aromatic N) is 3. The number of nitrogens with one attached hydrogen (secondary N) is 1. The smallest absolute Gasteiger partial charge is 0.256 e. The molecule has 6 heteroatoms. The molecule has 1 aromatic carbocycles. The second-order valence-corrected chi connectivity index (χ2v) is 10.3. The van der Waals surface area contributed by atoms with E-state index in [2.05, 4.69) is 35.9 Å². The molecule has 1 aliphatic carbocycles.